The number of nitrogens with one attached hydrogen (secondary N) is 1. The molecular weight excluding hydrogens is 306 g/mol. The van der Waals surface area contributed by atoms with Gasteiger partial charge in [-0.1, -0.05) is 15.9 Å². The zero-order valence-electron chi connectivity index (χ0n) is 11.1. The number of hydrogen-bond acceptors (Lipinski definition) is 3. The van der Waals surface area contributed by atoms with Crippen LogP contribution in [0.1, 0.15) is 12.8 Å². The minimum atomic E-state index is 0.00363. The Hall–Kier alpha value is -0.910. The molecule has 1 saturated carbocycles. The number of rotatable bonds is 6. The highest BCUT2D eigenvalue weighted by Crippen LogP contribution is 2.34. The highest BCUT2D eigenvalue weighted by atomic mass is 79.9. The van der Waals surface area contributed by atoms with E-state index in [0.717, 1.165) is 10.2 Å². The number of nitrogens with two attached hydrogens (primary N) is 1. The Kier molecular flexibility index (Phi) is 4.96. The van der Waals surface area contributed by atoms with Crippen LogP contribution in [0.5, 0.6) is 0 Å². The molecule has 3 N–H and O–H groups in total. The van der Waals surface area contributed by atoms with E-state index >= 15 is 0 Å². The molecule has 0 aliphatic heterocycles. The highest BCUT2D eigenvalue weighted by Gasteiger charge is 2.33. The van der Waals surface area contributed by atoms with E-state index in [1.807, 2.05) is 31.3 Å². The van der Waals surface area contributed by atoms with Crippen LogP contribution >= 0.6 is 15.9 Å². The van der Waals surface area contributed by atoms with Gasteiger partial charge in [-0.05, 0) is 50.1 Å². The van der Waals surface area contributed by atoms with E-state index in [2.05, 4.69) is 26.1 Å². The number of halogens is 1. The molecule has 1 atom stereocenters. The third-order valence-corrected chi connectivity index (χ3v) is 4.02. The number of likely N-dealkylation sites (N-methyl/N-ethyl adjacent to an activating group) is 1. The van der Waals surface area contributed by atoms with Crippen LogP contribution in [0, 0.1) is 5.92 Å². The van der Waals surface area contributed by atoms with Crippen molar-refractivity contribution >= 4 is 27.5 Å². The third-order valence-electron chi connectivity index (χ3n) is 3.49. The van der Waals surface area contributed by atoms with Gasteiger partial charge in [0.25, 0.3) is 0 Å². The van der Waals surface area contributed by atoms with Gasteiger partial charge in [0.1, 0.15) is 0 Å². The molecule has 1 aliphatic carbocycles. The van der Waals surface area contributed by atoms with Crippen molar-refractivity contribution in [3.8, 4) is 0 Å². The van der Waals surface area contributed by atoms with Crippen molar-refractivity contribution < 1.29 is 4.79 Å². The van der Waals surface area contributed by atoms with Crippen molar-refractivity contribution in [2.45, 2.75) is 18.9 Å². The second-order valence-electron chi connectivity index (χ2n) is 5.11. The molecule has 1 aliphatic rings. The monoisotopic (exact) mass is 325 g/mol. The van der Waals surface area contributed by atoms with E-state index < -0.39 is 0 Å². The molecule has 0 radical (unpaired) electrons. The van der Waals surface area contributed by atoms with Crippen LogP contribution in [0.4, 0.5) is 5.69 Å². The van der Waals surface area contributed by atoms with Crippen molar-refractivity contribution in [3.05, 3.63) is 28.7 Å². The molecule has 1 aromatic rings. The number of hydrogen-bond donors (Lipinski definition) is 2. The van der Waals surface area contributed by atoms with E-state index in [-0.39, 0.29) is 5.91 Å². The van der Waals surface area contributed by atoms with E-state index in [1.165, 1.54) is 12.8 Å². The quantitative estimate of drug-likeness (QED) is 0.841. The third kappa shape index (κ3) is 4.30. The Balaban J connectivity index is 1.84. The van der Waals surface area contributed by atoms with Gasteiger partial charge in [-0.2, -0.15) is 0 Å². The lowest BCUT2D eigenvalue weighted by atomic mass is 10.1. The molecule has 2 rings (SSSR count). The van der Waals surface area contributed by atoms with Gasteiger partial charge in [-0.15, -0.1) is 0 Å². The molecule has 0 heterocycles. The van der Waals surface area contributed by atoms with Gasteiger partial charge < -0.3 is 11.1 Å². The summed E-state index contributed by atoms with van der Waals surface area (Å²) in [6.07, 6.45) is 2.47. The van der Waals surface area contributed by atoms with Crippen LogP contribution in [0.25, 0.3) is 0 Å². The van der Waals surface area contributed by atoms with Crippen molar-refractivity contribution in [1.29, 1.82) is 0 Å². The molecule has 0 spiro atoms. The Morgan fingerprint density at radius 1 is 1.47 bits per heavy atom. The summed E-state index contributed by atoms with van der Waals surface area (Å²) in [5, 5.41) is 2.90. The van der Waals surface area contributed by atoms with Gasteiger partial charge in [-0.3, -0.25) is 9.69 Å². The van der Waals surface area contributed by atoms with Gasteiger partial charge >= 0.3 is 0 Å². The average Bonchev–Trinajstić information content (AvgIpc) is 3.17. The van der Waals surface area contributed by atoms with Crippen LogP contribution < -0.4 is 11.1 Å². The molecule has 0 aromatic heterocycles. The summed E-state index contributed by atoms with van der Waals surface area (Å²) in [6.45, 7) is 1.00. The minimum Gasteiger partial charge on any atom is -0.329 e. The van der Waals surface area contributed by atoms with E-state index in [4.69, 9.17) is 5.73 Å². The van der Waals surface area contributed by atoms with Crippen LogP contribution in [-0.2, 0) is 4.79 Å². The fraction of sp³-hybridized carbons (Fsp3) is 0.500. The van der Waals surface area contributed by atoms with Gasteiger partial charge in [0.2, 0.25) is 5.91 Å². The predicted octanol–water partition coefficient (Wildman–Crippen LogP) is 2.06. The maximum absolute atomic E-state index is 12.0. The lowest BCUT2D eigenvalue weighted by Gasteiger charge is -2.26. The first kappa shape index (κ1) is 14.5. The predicted molar refractivity (Wildman–Crippen MR) is 81.0 cm³/mol. The Morgan fingerprint density at radius 3 is 2.63 bits per heavy atom. The number of benzene rings is 1. The van der Waals surface area contributed by atoms with Crippen molar-refractivity contribution in [1.82, 2.24) is 4.90 Å². The zero-order valence-corrected chi connectivity index (χ0v) is 12.7. The molecule has 1 unspecified atom stereocenters. The molecule has 5 heteroatoms. The van der Waals surface area contributed by atoms with Crippen LogP contribution in [0.2, 0.25) is 0 Å². The van der Waals surface area contributed by atoms with Gasteiger partial charge in [0.15, 0.2) is 0 Å². The van der Waals surface area contributed by atoms with Crippen LogP contribution in [0.3, 0.4) is 0 Å². The molecule has 19 heavy (non-hydrogen) atoms. The number of carbonyl (C=O) groups excluding carboxylic acids is 1. The molecule has 0 saturated heterocycles. The SMILES string of the molecule is CN(CC(=O)Nc1ccc(Br)cc1)C(CN)C1CC1. The summed E-state index contributed by atoms with van der Waals surface area (Å²) in [5.41, 5.74) is 6.60. The molecule has 4 nitrogen and oxygen atoms in total. The lowest BCUT2D eigenvalue weighted by Crippen LogP contribution is -2.43. The van der Waals surface area contributed by atoms with Gasteiger partial charge in [0, 0.05) is 22.7 Å². The Bertz CT molecular complexity index is 431. The summed E-state index contributed by atoms with van der Waals surface area (Å²) in [4.78, 5) is 14.0. The maximum atomic E-state index is 12.0. The second kappa shape index (κ2) is 6.50. The summed E-state index contributed by atoms with van der Waals surface area (Å²) in [7, 11) is 1.97. The van der Waals surface area contributed by atoms with E-state index in [1.54, 1.807) is 0 Å². The fourth-order valence-corrected chi connectivity index (χ4v) is 2.56. The minimum absolute atomic E-state index is 0.00363. The standard InChI is InChI=1S/C14H20BrN3O/c1-18(13(8-16)10-2-3-10)9-14(19)17-12-6-4-11(15)5-7-12/h4-7,10,13H,2-3,8-9,16H2,1H3,(H,17,19). The van der Waals surface area contributed by atoms with Crippen LogP contribution in [-0.4, -0.2) is 37.0 Å². The molecule has 1 aromatic carbocycles. The van der Waals surface area contributed by atoms with Crippen molar-refractivity contribution in [2.75, 3.05) is 25.5 Å². The van der Waals surface area contributed by atoms with E-state index in [0.29, 0.717) is 25.0 Å². The number of anilines is 1. The summed E-state index contributed by atoms with van der Waals surface area (Å²) < 4.78 is 1.000. The number of amides is 1. The highest BCUT2D eigenvalue weighted by molar-refractivity contribution is 9.10. The fourth-order valence-electron chi connectivity index (χ4n) is 2.29. The van der Waals surface area contributed by atoms with Gasteiger partial charge in [-0.25, -0.2) is 0 Å². The van der Waals surface area contributed by atoms with E-state index in [9.17, 15) is 4.79 Å². The number of carbonyl (C=O) groups is 1. The second-order valence-corrected chi connectivity index (χ2v) is 6.03. The number of nitrogens with zero attached hydrogens (tertiary/aromatic N) is 1. The topological polar surface area (TPSA) is 58.4 Å². The Morgan fingerprint density at radius 2 is 2.11 bits per heavy atom. The Labute approximate surface area is 122 Å². The zero-order chi connectivity index (χ0) is 13.8. The molecule has 104 valence electrons. The lowest BCUT2D eigenvalue weighted by molar-refractivity contribution is -0.117. The first-order valence-corrected chi connectivity index (χ1v) is 7.35. The first-order chi connectivity index (χ1) is 9.10. The largest absolute Gasteiger partial charge is 0.329 e. The van der Waals surface area contributed by atoms with Crippen LogP contribution in [0.15, 0.2) is 28.7 Å². The first-order valence-electron chi connectivity index (χ1n) is 6.56. The summed E-state index contributed by atoms with van der Waals surface area (Å²) in [5.74, 6) is 0.680. The summed E-state index contributed by atoms with van der Waals surface area (Å²) in [6, 6.07) is 7.90. The smallest absolute Gasteiger partial charge is 0.238 e. The average molecular weight is 326 g/mol. The maximum Gasteiger partial charge on any atom is 0.238 e. The van der Waals surface area contributed by atoms with Crippen molar-refractivity contribution in [2.24, 2.45) is 11.7 Å². The molecular formula is C14H20BrN3O. The van der Waals surface area contributed by atoms with Gasteiger partial charge in [0.05, 0.1) is 6.54 Å². The molecule has 1 fully saturated rings. The van der Waals surface area contributed by atoms with Crippen molar-refractivity contribution in [3.63, 3.8) is 0 Å². The normalized spacial score (nSPS) is 16.4. The molecule has 1 amide bonds. The summed E-state index contributed by atoms with van der Waals surface area (Å²) >= 11 is 3.37. The molecule has 0 bridgehead atoms.